The van der Waals surface area contributed by atoms with E-state index >= 15 is 0 Å². The van der Waals surface area contributed by atoms with Crippen LogP contribution in [-0.2, 0) is 6.42 Å². The van der Waals surface area contributed by atoms with Crippen molar-refractivity contribution in [3.8, 4) is 5.75 Å². The first-order chi connectivity index (χ1) is 10.2. The smallest absolute Gasteiger partial charge is 0.123 e. The maximum atomic E-state index is 6.12. The Balaban J connectivity index is 1.57. The van der Waals surface area contributed by atoms with Gasteiger partial charge >= 0.3 is 0 Å². The number of hydrogen-bond donors (Lipinski definition) is 1. The second-order valence-electron chi connectivity index (χ2n) is 6.96. The number of nitrogens with one attached hydrogen (secondary N) is 1. The van der Waals surface area contributed by atoms with Gasteiger partial charge in [-0.15, -0.1) is 0 Å². The largest absolute Gasteiger partial charge is 0.488 e. The molecule has 116 valence electrons. The van der Waals surface area contributed by atoms with Gasteiger partial charge in [-0.3, -0.25) is 4.90 Å². The number of benzene rings is 1. The Morgan fingerprint density at radius 1 is 1.29 bits per heavy atom. The van der Waals surface area contributed by atoms with Crippen LogP contribution in [0.25, 0.3) is 0 Å². The fourth-order valence-electron chi connectivity index (χ4n) is 3.61. The zero-order chi connectivity index (χ0) is 14.7. The molecule has 3 nitrogen and oxygen atoms in total. The molecule has 1 N–H and O–H groups in total. The van der Waals surface area contributed by atoms with Gasteiger partial charge in [-0.25, -0.2) is 0 Å². The Kier molecular flexibility index (Phi) is 4.81. The maximum Gasteiger partial charge on any atom is 0.123 e. The molecule has 3 heteroatoms. The summed E-state index contributed by atoms with van der Waals surface area (Å²) >= 11 is 0. The highest BCUT2D eigenvalue weighted by Crippen LogP contribution is 2.28. The van der Waals surface area contributed by atoms with Crippen LogP contribution in [0.3, 0.4) is 0 Å². The van der Waals surface area contributed by atoms with Gasteiger partial charge in [0.05, 0.1) is 0 Å². The van der Waals surface area contributed by atoms with Gasteiger partial charge in [0.15, 0.2) is 0 Å². The van der Waals surface area contributed by atoms with Crippen LogP contribution in [0.2, 0.25) is 0 Å². The average molecular weight is 288 g/mol. The van der Waals surface area contributed by atoms with E-state index in [0.717, 1.165) is 31.8 Å². The summed E-state index contributed by atoms with van der Waals surface area (Å²) in [6.45, 7) is 9.16. The lowest BCUT2D eigenvalue weighted by molar-refractivity contribution is 0.133. The van der Waals surface area contributed by atoms with Crippen molar-refractivity contribution < 1.29 is 4.74 Å². The SMILES string of the molecule is CC(C)CN(CC1CCCN1)CC1Cc2ccccc2O1. The minimum atomic E-state index is 0.322. The van der Waals surface area contributed by atoms with Crippen molar-refractivity contribution in [1.82, 2.24) is 10.2 Å². The fraction of sp³-hybridized carbons (Fsp3) is 0.667. The Labute approximate surface area is 128 Å². The molecule has 2 heterocycles. The summed E-state index contributed by atoms with van der Waals surface area (Å²) in [6, 6.07) is 9.14. The van der Waals surface area contributed by atoms with Crippen molar-refractivity contribution in [1.29, 1.82) is 0 Å². The highest BCUT2D eigenvalue weighted by Gasteiger charge is 2.26. The van der Waals surface area contributed by atoms with Crippen LogP contribution in [0.1, 0.15) is 32.3 Å². The van der Waals surface area contributed by atoms with Crippen molar-refractivity contribution >= 4 is 0 Å². The number of rotatable bonds is 6. The van der Waals surface area contributed by atoms with Crippen molar-refractivity contribution in [2.45, 2.75) is 45.3 Å². The molecule has 0 spiro atoms. The first-order valence-corrected chi connectivity index (χ1v) is 8.41. The summed E-state index contributed by atoms with van der Waals surface area (Å²) in [5, 5.41) is 3.62. The number of ether oxygens (including phenoxy) is 1. The zero-order valence-corrected chi connectivity index (χ0v) is 13.3. The van der Waals surface area contributed by atoms with Gasteiger partial charge in [-0.1, -0.05) is 32.0 Å². The fourth-order valence-corrected chi connectivity index (χ4v) is 3.61. The molecule has 2 aliphatic heterocycles. The van der Waals surface area contributed by atoms with Crippen molar-refractivity contribution in [2.75, 3.05) is 26.2 Å². The number of nitrogens with zero attached hydrogens (tertiary/aromatic N) is 1. The molecule has 1 saturated heterocycles. The molecule has 0 amide bonds. The number of hydrogen-bond acceptors (Lipinski definition) is 3. The number of fused-ring (bicyclic) bond motifs is 1. The van der Waals surface area contributed by atoms with E-state index in [-0.39, 0.29) is 0 Å². The Bertz CT molecular complexity index is 429. The molecule has 2 atom stereocenters. The predicted molar refractivity (Wildman–Crippen MR) is 86.9 cm³/mol. The minimum Gasteiger partial charge on any atom is -0.488 e. The topological polar surface area (TPSA) is 24.5 Å². The molecule has 2 aliphatic rings. The summed E-state index contributed by atoms with van der Waals surface area (Å²) in [4.78, 5) is 2.60. The number of para-hydroxylation sites is 1. The second-order valence-corrected chi connectivity index (χ2v) is 6.96. The van der Waals surface area contributed by atoms with Gasteiger partial charge in [0.2, 0.25) is 0 Å². The van der Waals surface area contributed by atoms with E-state index in [1.807, 2.05) is 0 Å². The van der Waals surface area contributed by atoms with Gasteiger partial charge in [0.1, 0.15) is 11.9 Å². The molecule has 0 saturated carbocycles. The maximum absolute atomic E-state index is 6.12. The van der Waals surface area contributed by atoms with E-state index < -0.39 is 0 Å². The quantitative estimate of drug-likeness (QED) is 0.871. The van der Waals surface area contributed by atoms with E-state index in [9.17, 15) is 0 Å². The normalized spacial score (nSPS) is 24.6. The van der Waals surface area contributed by atoms with Gasteiger partial charge in [0, 0.05) is 32.1 Å². The summed E-state index contributed by atoms with van der Waals surface area (Å²) in [5.74, 6) is 1.79. The molecule has 3 rings (SSSR count). The Morgan fingerprint density at radius 2 is 2.14 bits per heavy atom. The third-order valence-corrected chi connectivity index (χ3v) is 4.44. The standard InChI is InChI=1S/C18H28N2O/c1-14(2)11-20(12-16-7-5-9-19-16)13-17-10-15-6-3-4-8-18(15)21-17/h3-4,6,8,14,16-17,19H,5,7,9-13H2,1-2H3. The zero-order valence-electron chi connectivity index (χ0n) is 13.3. The van der Waals surface area contributed by atoms with Crippen LogP contribution in [0.15, 0.2) is 24.3 Å². The van der Waals surface area contributed by atoms with E-state index in [2.05, 4.69) is 48.3 Å². The van der Waals surface area contributed by atoms with E-state index in [1.54, 1.807) is 0 Å². The average Bonchev–Trinajstić information content (AvgIpc) is 3.06. The Morgan fingerprint density at radius 3 is 2.86 bits per heavy atom. The van der Waals surface area contributed by atoms with Crippen LogP contribution in [0.4, 0.5) is 0 Å². The first-order valence-electron chi connectivity index (χ1n) is 8.41. The summed E-state index contributed by atoms with van der Waals surface area (Å²) in [6.07, 6.45) is 4.02. The molecule has 0 aliphatic carbocycles. The molecular formula is C18H28N2O. The summed E-state index contributed by atoms with van der Waals surface area (Å²) in [5.41, 5.74) is 1.37. The van der Waals surface area contributed by atoms with Crippen LogP contribution >= 0.6 is 0 Å². The molecule has 1 aromatic rings. The second kappa shape index (κ2) is 6.80. The van der Waals surface area contributed by atoms with Crippen LogP contribution in [-0.4, -0.2) is 43.2 Å². The molecule has 0 aromatic heterocycles. The van der Waals surface area contributed by atoms with Crippen LogP contribution in [0.5, 0.6) is 5.75 Å². The van der Waals surface area contributed by atoms with Crippen molar-refractivity contribution in [2.24, 2.45) is 5.92 Å². The molecule has 0 bridgehead atoms. The van der Waals surface area contributed by atoms with Crippen molar-refractivity contribution in [3.63, 3.8) is 0 Å². The molecule has 21 heavy (non-hydrogen) atoms. The van der Waals surface area contributed by atoms with Gasteiger partial charge in [-0.2, -0.15) is 0 Å². The van der Waals surface area contributed by atoms with Crippen molar-refractivity contribution in [3.05, 3.63) is 29.8 Å². The Hall–Kier alpha value is -1.06. The van der Waals surface area contributed by atoms with Gasteiger partial charge in [0.25, 0.3) is 0 Å². The first kappa shape index (κ1) is 14.9. The minimum absolute atomic E-state index is 0.322. The lowest BCUT2D eigenvalue weighted by atomic mass is 10.1. The molecule has 1 fully saturated rings. The van der Waals surface area contributed by atoms with E-state index in [0.29, 0.717) is 18.1 Å². The molecule has 0 radical (unpaired) electrons. The third-order valence-electron chi connectivity index (χ3n) is 4.44. The lowest BCUT2D eigenvalue weighted by Gasteiger charge is -2.29. The van der Waals surface area contributed by atoms with Crippen LogP contribution in [0, 0.1) is 5.92 Å². The van der Waals surface area contributed by atoms with E-state index in [4.69, 9.17) is 4.74 Å². The monoisotopic (exact) mass is 288 g/mol. The van der Waals surface area contributed by atoms with Gasteiger partial charge < -0.3 is 10.1 Å². The molecule has 1 aromatic carbocycles. The van der Waals surface area contributed by atoms with Gasteiger partial charge in [-0.05, 0) is 36.9 Å². The van der Waals surface area contributed by atoms with E-state index in [1.165, 1.54) is 24.9 Å². The molecule has 2 unspecified atom stereocenters. The van der Waals surface area contributed by atoms with Crippen LogP contribution < -0.4 is 10.1 Å². The highest BCUT2D eigenvalue weighted by molar-refractivity contribution is 5.37. The summed E-state index contributed by atoms with van der Waals surface area (Å²) < 4.78 is 6.12. The predicted octanol–water partition coefficient (Wildman–Crippen LogP) is 2.70. The molecular weight excluding hydrogens is 260 g/mol. The summed E-state index contributed by atoms with van der Waals surface area (Å²) in [7, 11) is 0. The highest BCUT2D eigenvalue weighted by atomic mass is 16.5. The third kappa shape index (κ3) is 3.98. The lowest BCUT2D eigenvalue weighted by Crippen LogP contribution is -2.43.